The van der Waals surface area contributed by atoms with Gasteiger partial charge in [-0.2, -0.15) is 0 Å². The van der Waals surface area contributed by atoms with E-state index in [9.17, 15) is 0 Å². The number of hydrogen-bond donors (Lipinski definition) is 0. The number of nitrogens with zero attached hydrogens (tertiary/aromatic N) is 3. The molecule has 0 atom stereocenters. The van der Waals surface area contributed by atoms with Crippen molar-refractivity contribution in [1.29, 1.82) is 0 Å². The minimum atomic E-state index is -0.149. The van der Waals surface area contributed by atoms with Gasteiger partial charge in [-0.3, -0.25) is 0 Å². The quantitative estimate of drug-likeness (QED) is 0.178. The summed E-state index contributed by atoms with van der Waals surface area (Å²) in [5.41, 5.74) is 14.5. The Labute approximate surface area is 366 Å². The van der Waals surface area contributed by atoms with Crippen LogP contribution in [-0.2, 0) is 32.5 Å². The summed E-state index contributed by atoms with van der Waals surface area (Å²) in [6, 6.07) is 33.4. The first-order valence-corrected chi connectivity index (χ1v) is 22.2. The molecule has 0 bridgehead atoms. The highest BCUT2D eigenvalue weighted by Crippen LogP contribution is 2.49. The van der Waals surface area contributed by atoms with Gasteiger partial charge < -0.3 is 4.42 Å². The molecule has 0 saturated carbocycles. The molecule has 5 aromatic carbocycles. The molecule has 4 heteroatoms. The number of fused-ring (bicyclic) bond motifs is 3. The maximum absolute atomic E-state index is 7.19. The molecule has 0 N–H and O–H groups in total. The summed E-state index contributed by atoms with van der Waals surface area (Å²) >= 11 is 0. The van der Waals surface area contributed by atoms with Crippen molar-refractivity contribution in [3.63, 3.8) is 0 Å². The number of rotatable bonds is 4. The van der Waals surface area contributed by atoms with Gasteiger partial charge in [0, 0.05) is 38.6 Å². The van der Waals surface area contributed by atoms with E-state index in [1.54, 1.807) is 0 Å². The molecule has 7 rings (SSSR count). The average molecular weight is 812 g/mol. The van der Waals surface area contributed by atoms with Crippen molar-refractivity contribution < 1.29 is 4.42 Å². The third-order valence-electron chi connectivity index (χ3n) is 12.2. The Morgan fingerprint density at radius 1 is 0.328 bits per heavy atom. The fraction of sp³-hybridized carbons (Fsp3) is 0.421. The Hall–Kier alpha value is -5.09. The van der Waals surface area contributed by atoms with E-state index in [0.29, 0.717) is 17.5 Å². The molecule has 2 aromatic heterocycles. The van der Waals surface area contributed by atoms with Crippen molar-refractivity contribution >= 4 is 21.9 Å². The van der Waals surface area contributed by atoms with Crippen LogP contribution in [0.3, 0.4) is 0 Å². The number of hydrogen-bond acceptors (Lipinski definition) is 4. The smallest absolute Gasteiger partial charge is 0.164 e. The SMILES string of the molecule is CC(C)(C)c1ccc(-c2nc(-c3ccc(-c4c(C(C)(C)C)cc(C(C)(C)C)c5oc6c(C(C)(C)C)cc(C(C)(C)C)cc6c45)cc3)nc(-c3ccc(C(C)(C)C)cc3)n2)cc1. The van der Waals surface area contributed by atoms with Gasteiger partial charge in [0.25, 0.3) is 0 Å². The second kappa shape index (κ2) is 14.8. The van der Waals surface area contributed by atoms with E-state index in [2.05, 4.69) is 216 Å². The van der Waals surface area contributed by atoms with Crippen LogP contribution in [0.25, 0.3) is 67.2 Å². The predicted octanol–water partition coefficient (Wildman–Crippen LogP) is 16.2. The summed E-state index contributed by atoms with van der Waals surface area (Å²) in [5.74, 6) is 1.97. The molecule has 0 aliphatic heterocycles. The van der Waals surface area contributed by atoms with Gasteiger partial charge in [0.05, 0.1) is 0 Å². The summed E-state index contributed by atoms with van der Waals surface area (Å²) in [4.78, 5) is 15.4. The molecule has 0 aliphatic rings. The first-order chi connectivity index (χ1) is 28.0. The Morgan fingerprint density at radius 2 is 0.672 bits per heavy atom. The second-order valence-electron chi connectivity index (χ2n) is 23.6. The number of furan rings is 1. The fourth-order valence-corrected chi connectivity index (χ4v) is 8.28. The van der Waals surface area contributed by atoms with Gasteiger partial charge in [-0.1, -0.05) is 210 Å². The fourth-order valence-electron chi connectivity index (χ4n) is 8.28. The van der Waals surface area contributed by atoms with Crippen LogP contribution in [0.4, 0.5) is 0 Å². The molecule has 4 nitrogen and oxygen atoms in total. The van der Waals surface area contributed by atoms with Crippen LogP contribution in [0, 0.1) is 0 Å². The van der Waals surface area contributed by atoms with Gasteiger partial charge in [-0.15, -0.1) is 0 Å². The average Bonchev–Trinajstić information content (AvgIpc) is 3.54. The van der Waals surface area contributed by atoms with E-state index in [0.717, 1.165) is 33.4 Å². The molecule has 0 amide bonds. The van der Waals surface area contributed by atoms with Crippen LogP contribution in [0.5, 0.6) is 0 Å². The highest BCUT2D eigenvalue weighted by molar-refractivity contribution is 6.15. The van der Waals surface area contributed by atoms with E-state index in [4.69, 9.17) is 19.4 Å². The standard InChI is InChI=1S/C57H69N3O/c1-52(2,3)38-27-23-36(24-28-38)50-58-49(59-51(60-50)37-25-29-39(30-26-37)53(4,5)6)35-21-19-34(20-22-35)45-42(55(10,11)12)33-44(57(16,17)18)48-46(45)41-31-40(54(7,8)9)32-43(47(41)61-48)56(13,14)15/h19-33H,1-18H3. The molecule has 0 unspecified atom stereocenters. The summed E-state index contributed by atoms with van der Waals surface area (Å²) in [6.45, 7) is 41.1. The third-order valence-corrected chi connectivity index (χ3v) is 12.2. The Bertz CT molecular complexity index is 2660. The molecule has 0 fully saturated rings. The lowest BCUT2D eigenvalue weighted by atomic mass is 9.74. The highest BCUT2D eigenvalue weighted by Gasteiger charge is 2.33. The molecular weight excluding hydrogens is 743 g/mol. The molecular formula is C57H69N3O. The van der Waals surface area contributed by atoms with E-state index in [1.807, 2.05) is 0 Å². The van der Waals surface area contributed by atoms with Crippen molar-refractivity contribution in [1.82, 2.24) is 15.0 Å². The number of aromatic nitrogens is 3. The van der Waals surface area contributed by atoms with Crippen molar-refractivity contribution in [3.05, 3.63) is 124 Å². The molecule has 0 saturated heterocycles. The van der Waals surface area contributed by atoms with Crippen molar-refractivity contribution in [2.24, 2.45) is 0 Å². The Balaban J connectivity index is 1.47. The summed E-state index contributed by atoms with van der Waals surface area (Å²) < 4.78 is 7.19. The minimum absolute atomic E-state index is 0.0421. The zero-order chi connectivity index (χ0) is 44.8. The lowest BCUT2D eigenvalue weighted by Gasteiger charge is -2.28. The predicted molar refractivity (Wildman–Crippen MR) is 261 cm³/mol. The normalized spacial score (nSPS) is 13.4. The van der Waals surface area contributed by atoms with Crippen LogP contribution in [-0.4, -0.2) is 15.0 Å². The van der Waals surface area contributed by atoms with E-state index in [1.165, 1.54) is 49.7 Å². The van der Waals surface area contributed by atoms with Crippen LogP contribution >= 0.6 is 0 Å². The highest BCUT2D eigenvalue weighted by atomic mass is 16.3. The Morgan fingerprint density at radius 3 is 1.03 bits per heavy atom. The second-order valence-corrected chi connectivity index (χ2v) is 23.6. The van der Waals surface area contributed by atoms with Crippen molar-refractivity contribution in [2.75, 3.05) is 0 Å². The van der Waals surface area contributed by atoms with Gasteiger partial charge in [0.1, 0.15) is 11.2 Å². The van der Waals surface area contributed by atoms with Crippen LogP contribution in [0.2, 0.25) is 0 Å². The van der Waals surface area contributed by atoms with Crippen LogP contribution in [0.15, 0.2) is 95.4 Å². The molecule has 0 radical (unpaired) electrons. The minimum Gasteiger partial charge on any atom is -0.455 e. The number of benzene rings is 5. The maximum atomic E-state index is 7.19. The van der Waals surface area contributed by atoms with Crippen LogP contribution < -0.4 is 0 Å². The lowest BCUT2D eigenvalue weighted by Crippen LogP contribution is -2.18. The first kappa shape index (κ1) is 44.0. The third kappa shape index (κ3) is 8.70. The van der Waals surface area contributed by atoms with E-state index < -0.39 is 0 Å². The first-order valence-electron chi connectivity index (χ1n) is 22.2. The summed E-state index contributed by atoms with van der Waals surface area (Å²) in [7, 11) is 0. The maximum Gasteiger partial charge on any atom is 0.164 e. The molecule has 0 spiro atoms. The zero-order valence-corrected chi connectivity index (χ0v) is 40.4. The Kier molecular flexibility index (Phi) is 10.7. The van der Waals surface area contributed by atoms with E-state index in [-0.39, 0.29) is 32.5 Å². The largest absolute Gasteiger partial charge is 0.455 e. The molecule has 0 aliphatic carbocycles. The van der Waals surface area contributed by atoms with Crippen molar-refractivity contribution in [3.8, 4) is 45.3 Å². The van der Waals surface area contributed by atoms with Gasteiger partial charge in [-0.25, -0.2) is 15.0 Å². The molecule has 7 aromatic rings. The topological polar surface area (TPSA) is 51.8 Å². The summed E-state index contributed by atoms with van der Waals surface area (Å²) in [6.07, 6.45) is 0. The summed E-state index contributed by atoms with van der Waals surface area (Å²) in [5, 5.41) is 2.38. The lowest BCUT2D eigenvalue weighted by molar-refractivity contribution is 0.547. The van der Waals surface area contributed by atoms with E-state index >= 15 is 0 Å². The van der Waals surface area contributed by atoms with Gasteiger partial charge in [0.2, 0.25) is 0 Å². The van der Waals surface area contributed by atoms with Gasteiger partial charge in [-0.05, 0) is 71.9 Å². The van der Waals surface area contributed by atoms with Gasteiger partial charge in [0.15, 0.2) is 17.5 Å². The molecule has 2 heterocycles. The van der Waals surface area contributed by atoms with Crippen molar-refractivity contribution in [2.45, 2.75) is 157 Å². The van der Waals surface area contributed by atoms with Gasteiger partial charge >= 0.3 is 0 Å². The van der Waals surface area contributed by atoms with Crippen LogP contribution in [0.1, 0.15) is 158 Å². The monoisotopic (exact) mass is 812 g/mol. The zero-order valence-electron chi connectivity index (χ0n) is 40.4. The molecule has 61 heavy (non-hydrogen) atoms. The molecule has 318 valence electrons.